The van der Waals surface area contributed by atoms with Crippen molar-refractivity contribution >= 4 is 34.8 Å². The summed E-state index contributed by atoms with van der Waals surface area (Å²) in [6.07, 6.45) is 4.22. The summed E-state index contributed by atoms with van der Waals surface area (Å²) in [5.41, 5.74) is 8.80. The molecule has 0 bridgehead atoms. The van der Waals surface area contributed by atoms with Gasteiger partial charge in [0.25, 0.3) is 10.3 Å². The van der Waals surface area contributed by atoms with Gasteiger partial charge in [0.2, 0.25) is 0 Å². The van der Waals surface area contributed by atoms with Gasteiger partial charge in [-0.05, 0) is 50.4 Å². The van der Waals surface area contributed by atoms with E-state index in [4.69, 9.17) is 10.2 Å². The van der Waals surface area contributed by atoms with Crippen LogP contribution in [0.25, 0.3) is 0 Å². The van der Waals surface area contributed by atoms with Gasteiger partial charge in [-0.1, -0.05) is 43.6 Å². The largest absolute Gasteiger partial charge is 0.487 e. The van der Waals surface area contributed by atoms with Crippen molar-refractivity contribution < 1.29 is 10.2 Å². The molecule has 1 saturated heterocycles. The fraction of sp³-hybridized carbons (Fsp3) is 0.833. The average molecular weight is 320 g/mol. The Morgan fingerprint density at radius 2 is 0.947 bits per heavy atom. The third-order valence-electron chi connectivity index (χ3n) is 1.21. The van der Waals surface area contributed by atoms with Crippen LogP contribution in [0.4, 0.5) is 0 Å². The summed E-state index contributed by atoms with van der Waals surface area (Å²) >= 11 is 7.74. The Labute approximate surface area is 131 Å². The minimum absolute atomic E-state index is 0. The van der Waals surface area contributed by atoms with E-state index in [2.05, 4.69) is 41.2 Å². The molecule has 0 spiro atoms. The lowest BCUT2D eigenvalue weighted by Crippen LogP contribution is -2.21. The van der Waals surface area contributed by atoms with Gasteiger partial charge in [0.1, 0.15) is 0 Å². The van der Waals surface area contributed by atoms with Gasteiger partial charge in [-0.3, -0.25) is 0 Å². The molecule has 7 heteroatoms. The zero-order valence-electron chi connectivity index (χ0n) is 7.90. The van der Waals surface area contributed by atoms with Crippen LogP contribution in [0.2, 0.25) is 0 Å². The summed E-state index contributed by atoms with van der Waals surface area (Å²) in [4.78, 5) is 0. The average Bonchev–Trinajstić information content (AvgIpc) is 2.05. The molecule has 0 aromatic rings. The van der Waals surface area contributed by atoms with Crippen molar-refractivity contribution in [2.45, 2.75) is 56.4 Å². The maximum absolute atomic E-state index is 7.56. The molecule has 1 aliphatic heterocycles. The number of hydrogen-bond acceptors (Lipinski definition) is 3. The van der Waals surface area contributed by atoms with Crippen LogP contribution in [0.5, 0.6) is 0 Å². The van der Waals surface area contributed by atoms with E-state index in [9.17, 15) is 0 Å². The molecular weight excluding hydrogens is 282 g/mol. The maximum Gasteiger partial charge on any atom is 0.251 e. The highest BCUT2D eigenvalue weighted by atomic mass is 32.1. The third kappa shape index (κ3) is 143. The number of rotatable bonds is 0. The Hall–Kier alpha value is -0.660. The van der Waals surface area contributed by atoms with Gasteiger partial charge in [0.15, 0.2) is 0 Å². The van der Waals surface area contributed by atoms with Crippen molar-refractivity contribution in [1.29, 1.82) is 0 Å². The highest BCUT2D eigenvalue weighted by Crippen LogP contribution is 1.96. The third-order valence-corrected chi connectivity index (χ3v) is 1.21. The Balaban J connectivity index is -0.0000000207. The van der Waals surface area contributed by atoms with Gasteiger partial charge in [-0.25, -0.2) is 0 Å². The molecule has 7 N–H and O–H groups in total. The smallest absolute Gasteiger partial charge is 0.251 e. The molecule has 0 radical (unpaired) electrons. The summed E-state index contributed by atoms with van der Waals surface area (Å²) in [5.74, 6) is 0. The molecule has 0 aromatic carbocycles. The van der Waals surface area contributed by atoms with E-state index < -0.39 is 10.3 Å². The zero-order chi connectivity index (χ0) is 11.4. The lowest BCUT2D eigenvalue weighted by atomic mass is 10.2. The summed E-state index contributed by atoms with van der Waals surface area (Å²) in [6.45, 7) is 2.50. The molecule has 0 amide bonds. The Morgan fingerprint density at radius 3 is 1.00 bits per heavy atom. The lowest BCUT2D eigenvalue weighted by Gasteiger charge is -2.08. The van der Waals surface area contributed by atoms with Crippen LogP contribution in [-0.4, -0.2) is 33.7 Å². The first kappa shape index (κ1) is 42.9. The molecule has 5 nitrogen and oxygen atoms in total. The second-order valence-corrected chi connectivity index (χ2v) is 3.32. The standard InChI is InChI=1S/C5H11N.2CH3NOS.5CH4/c1-2-4-6-5-3-1;2*2-1(3)4;;;;;/h6H,1-5H2;2*(H3,2,3,4);5*1H4. The maximum atomic E-state index is 7.56. The topological polar surface area (TPSA) is 105 Å². The van der Waals surface area contributed by atoms with Gasteiger partial charge < -0.3 is 27.0 Å². The van der Waals surface area contributed by atoms with Crippen LogP contribution < -0.4 is 16.8 Å². The predicted molar refractivity (Wildman–Crippen MR) is 99.2 cm³/mol. The van der Waals surface area contributed by atoms with Crippen LogP contribution in [0.1, 0.15) is 56.4 Å². The monoisotopic (exact) mass is 319 g/mol. The molecule has 0 aromatic heterocycles. The molecule has 0 aliphatic carbocycles. The van der Waals surface area contributed by atoms with E-state index in [1.165, 1.54) is 32.4 Å². The highest BCUT2D eigenvalue weighted by molar-refractivity contribution is 7.80. The first-order chi connectivity index (χ1) is 6.46. The SMILES string of the molecule is C.C.C.C.C.C1CCNCC1.NC(O)=S.NC(O)=S. The van der Waals surface area contributed by atoms with Crippen LogP contribution in [0.15, 0.2) is 0 Å². The first-order valence-electron chi connectivity index (χ1n) is 4.14. The molecule has 0 unspecified atom stereocenters. The van der Waals surface area contributed by atoms with Gasteiger partial charge >= 0.3 is 0 Å². The second-order valence-electron chi connectivity index (χ2n) is 2.49. The predicted octanol–water partition coefficient (Wildman–Crippen LogP) is 3.52. The molecule has 1 heterocycles. The molecule has 0 saturated carbocycles. The van der Waals surface area contributed by atoms with E-state index in [0.29, 0.717) is 0 Å². The summed E-state index contributed by atoms with van der Waals surface area (Å²) in [7, 11) is 0. The summed E-state index contributed by atoms with van der Waals surface area (Å²) in [5, 5.41) is 17.4. The van der Waals surface area contributed by atoms with Crippen LogP contribution in [-0.2, 0) is 0 Å². The molecule has 1 rings (SSSR count). The first-order valence-corrected chi connectivity index (χ1v) is 4.96. The fourth-order valence-corrected chi connectivity index (χ4v) is 0.802. The highest BCUT2D eigenvalue weighted by Gasteiger charge is 1.93. The number of aliphatic hydroxyl groups is 2. The fourth-order valence-electron chi connectivity index (χ4n) is 0.802. The minimum Gasteiger partial charge on any atom is -0.487 e. The zero-order valence-corrected chi connectivity index (χ0v) is 9.53. The normalized spacial score (nSPS) is 10.1. The molecule has 124 valence electrons. The van der Waals surface area contributed by atoms with Gasteiger partial charge in [-0.15, -0.1) is 0 Å². The number of hydrogen-bond donors (Lipinski definition) is 5. The second kappa shape index (κ2) is 36.0. The van der Waals surface area contributed by atoms with E-state index in [-0.39, 0.29) is 37.1 Å². The van der Waals surface area contributed by atoms with Crippen LogP contribution in [0.3, 0.4) is 0 Å². The lowest BCUT2D eigenvalue weighted by molar-refractivity contribution is 0.520. The van der Waals surface area contributed by atoms with Crippen molar-refractivity contribution in [2.75, 3.05) is 13.1 Å². The van der Waals surface area contributed by atoms with E-state index in [1.807, 2.05) is 0 Å². The number of nitrogens with one attached hydrogen (secondary N) is 1. The number of thiocarbonyl (C=S) groups is 2. The Bertz CT molecular complexity index is 136. The van der Waals surface area contributed by atoms with E-state index in [1.54, 1.807) is 0 Å². The van der Waals surface area contributed by atoms with Crippen LogP contribution in [0, 0.1) is 0 Å². The van der Waals surface area contributed by atoms with Crippen molar-refractivity contribution in [3.05, 3.63) is 0 Å². The van der Waals surface area contributed by atoms with Crippen molar-refractivity contribution in [3.8, 4) is 0 Å². The number of nitrogens with two attached hydrogens (primary N) is 2. The molecule has 1 aliphatic rings. The van der Waals surface area contributed by atoms with Crippen molar-refractivity contribution in [3.63, 3.8) is 0 Å². The molecule has 1 fully saturated rings. The van der Waals surface area contributed by atoms with Gasteiger partial charge in [0, 0.05) is 0 Å². The number of aliphatic hydroxyl groups excluding tert-OH is 2. The summed E-state index contributed by atoms with van der Waals surface area (Å²) in [6, 6.07) is 0. The number of piperidine rings is 1. The van der Waals surface area contributed by atoms with Crippen molar-refractivity contribution in [2.24, 2.45) is 11.5 Å². The van der Waals surface area contributed by atoms with Gasteiger partial charge in [-0.2, -0.15) is 0 Å². The minimum atomic E-state index is -0.500. The van der Waals surface area contributed by atoms with Crippen molar-refractivity contribution in [1.82, 2.24) is 5.32 Å². The van der Waals surface area contributed by atoms with Gasteiger partial charge in [0.05, 0.1) is 0 Å². The molecule has 19 heavy (non-hydrogen) atoms. The van der Waals surface area contributed by atoms with E-state index >= 15 is 0 Å². The van der Waals surface area contributed by atoms with E-state index in [0.717, 1.165) is 0 Å². The Morgan fingerprint density at radius 1 is 0.737 bits per heavy atom. The Kier molecular flexibility index (Phi) is 81.3. The quantitative estimate of drug-likeness (QED) is 0.435. The molecular formula is C12H37N3O2S2. The van der Waals surface area contributed by atoms with Crippen LogP contribution >= 0.6 is 24.4 Å². The summed E-state index contributed by atoms with van der Waals surface area (Å²) < 4.78 is 0. The molecule has 0 atom stereocenters.